The van der Waals surface area contributed by atoms with E-state index in [0.717, 1.165) is 105 Å². The summed E-state index contributed by atoms with van der Waals surface area (Å²) in [5.41, 5.74) is 12.5. The molecule has 0 aliphatic carbocycles. The summed E-state index contributed by atoms with van der Waals surface area (Å²) in [6.45, 7) is 14.0. The molecule has 6 N–H and O–H groups in total. The Morgan fingerprint density at radius 3 is 1.60 bits per heavy atom. The van der Waals surface area contributed by atoms with Crippen LogP contribution in [0.4, 0.5) is 11.6 Å². The van der Waals surface area contributed by atoms with Crippen LogP contribution in [0.3, 0.4) is 0 Å². The highest BCUT2D eigenvalue weighted by Gasteiger charge is 2.18. The molecule has 0 spiro atoms. The Kier molecular flexibility index (Phi) is 17.6. The fraction of sp³-hybridized carbons (Fsp3) is 0.283. The van der Waals surface area contributed by atoms with E-state index in [1.165, 1.54) is 0 Å². The maximum absolute atomic E-state index is 12.9. The minimum atomic E-state index is -0.982. The van der Waals surface area contributed by atoms with Gasteiger partial charge in [0.15, 0.2) is 0 Å². The minimum Gasteiger partial charge on any atom is -0.492 e. The third-order valence-electron chi connectivity index (χ3n) is 11.6. The molecule has 0 bridgehead atoms. The summed E-state index contributed by atoms with van der Waals surface area (Å²) in [7, 11) is 0. The van der Waals surface area contributed by atoms with Crippen molar-refractivity contribution >= 4 is 45.6 Å². The van der Waals surface area contributed by atoms with Crippen molar-refractivity contribution in [2.24, 2.45) is 0 Å². The third kappa shape index (κ3) is 13.3. The fourth-order valence-corrected chi connectivity index (χ4v) is 7.89. The number of carboxylic acid groups (broad SMARTS) is 1. The normalized spacial score (nSPS) is 13.8. The number of aryl methyl sites for hydroxylation is 2. The zero-order valence-electron chi connectivity index (χ0n) is 38.7. The highest BCUT2D eigenvalue weighted by Crippen LogP contribution is 2.30. The Labute approximate surface area is 407 Å². The van der Waals surface area contributed by atoms with E-state index in [9.17, 15) is 14.7 Å². The first-order valence-corrected chi connectivity index (χ1v) is 22.9. The van der Waals surface area contributed by atoms with Gasteiger partial charge in [0.25, 0.3) is 5.91 Å². The number of amides is 1. The fourth-order valence-electron chi connectivity index (χ4n) is 7.89. The van der Waals surface area contributed by atoms with Gasteiger partial charge in [-0.25, -0.2) is 24.7 Å². The molecule has 364 valence electrons. The molecule has 2 saturated heterocycles. The zero-order chi connectivity index (χ0) is 48.0. The number of imidazole rings is 2. The molecule has 2 fully saturated rings. The quantitative estimate of drug-likeness (QED) is 0.0737. The number of anilines is 2. The van der Waals surface area contributed by atoms with E-state index >= 15 is 0 Å². The number of carbonyl (C=O) groups excluding carboxylic acids is 1. The molecule has 6 heterocycles. The number of nitrogens with one attached hydrogen (secondary N) is 3. The molecule has 0 radical (unpaired) electrons. The van der Waals surface area contributed by atoms with Gasteiger partial charge in [0.2, 0.25) is 0 Å². The maximum Gasteiger partial charge on any atom is 0.337 e. The molecule has 8 aromatic rings. The molecular weight excluding hydrogens is 889 g/mol. The highest BCUT2D eigenvalue weighted by atomic mass is 16.5. The predicted octanol–water partition coefficient (Wildman–Crippen LogP) is 8.14. The number of aromatic amines is 2. The first-order valence-electron chi connectivity index (χ1n) is 22.9. The number of carbonyl (C=O) groups is 2. The number of nitrogens with zero attached hydrogens (tertiary/aromatic N) is 6. The standard InChI is InChI=1S/C26H27N5O3.C21H23N3O4.C5H6N2.CH4/c1-18-17-19(34-16-13-31-11-14-33-15-12-31)8-9-20(18)25-28-22-6-4-5-21(24(22)30-25)26(32)29-23-7-2-3-10-27-23;1-14-13-15(28-12-9-24-7-10-27-11-8-24)5-6-16(14)20-22-18-4-2-3-17(21(25)26)19(18)23-20;6-5-3-1-2-4-7-5;/h2-10,17H,11-16H2,1H3,(H,28,30)(H,27,29,32);2-6,13H,7-12H2,1H3,(H,22,23)(H,25,26);1-4H,(H2,6,7);1H4. The Morgan fingerprint density at radius 2 is 1.16 bits per heavy atom. The highest BCUT2D eigenvalue weighted by molar-refractivity contribution is 6.11. The summed E-state index contributed by atoms with van der Waals surface area (Å²) in [4.78, 5) is 52.7. The number of hydrogen-bond acceptors (Lipinski definition) is 13. The van der Waals surface area contributed by atoms with E-state index in [4.69, 9.17) is 29.7 Å². The number of fused-ring (bicyclic) bond motifs is 2. The van der Waals surface area contributed by atoms with Crippen molar-refractivity contribution in [1.82, 2.24) is 39.7 Å². The van der Waals surface area contributed by atoms with Crippen molar-refractivity contribution in [3.63, 3.8) is 0 Å². The maximum atomic E-state index is 12.9. The number of benzene rings is 4. The van der Waals surface area contributed by atoms with E-state index in [0.29, 0.717) is 58.6 Å². The molecule has 0 unspecified atom stereocenters. The van der Waals surface area contributed by atoms with Gasteiger partial charge in [0.05, 0.1) is 48.6 Å². The number of H-pyrrole nitrogens is 2. The number of hydrogen-bond donors (Lipinski definition) is 5. The van der Waals surface area contributed by atoms with Crippen LogP contribution in [-0.2, 0) is 9.47 Å². The second-order valence-corrected chi connectivity index (χ2v) is 16.4. The molecule has 2 aliphatic heterocycles. The molecule has 1 amide bonds. The van der Waals surface area contributed by atoms with Crippen molar-refractivity contribution < 1.29 is 33.6 Å². The van der Waals surface area contributed by atoms with Crippen LogP contribution in [0.25, 0.3) is 44.8 Å². The molecule has 70 heavy (non-hydrogen) atoms. The van der Waals surface area contributed by atoms with Crippen LogP contribution in [0.5, 0.6) is 11.5 Å². The molecule has 0 saturated carbocycles. The third-order valence-corrected chi connectivity index (χ3v) is 11.6. The molecular formula is C53H60N10O7. The summed E-state index contributed by atoms with van der Waals surface area (Å²) in [5, 5.41) is 12.2. The SMILES string of the molecule is C.Cc1cc(OCCN2CCOCC2)ccc1-c1nc2c(C(=O)Nc3ccccn3)cccc2[nH]1.Cc1cc(OCCN2CCOCC2)ccc1-c1nc2c(C(=O)O)cccc2[nH]1.Nc1ccccn1. The Balaban J connectivity index is 0.000000181. The van der Waals surface area contributed by atoms with E-state index < -0.39 is 5.97 Å². The smallest absolute Gasteiger partial charge is 0.337 e. The second kappa shape index (κ2) is 24.5. The summed E-state index contributed by atoms with van der Waals surface area (Å²) in [5.74, 6) is 2.86. The largest absolute Gasteiger partial charge is 0.492 e. The van der Waals surface area contributed by atoms with Crippen molar-refractivity contribution in [3.05, 3.63) is 144 Å². The first kappa shape index (κ1) is 50.2. The van der Waals surface area contributed by atoms with Crippen LogP contribution in [0, 0.1) is 13.8 Å². The summed E-state index contributed by atoms with van der Waals surface area (Å²) in [6, 6.07) is 33.3. The molecule has 0 atom stereocenters. The van der Waals surface area contributed by atoms with Crippen molar-refractivity contribution in [2.75, 3.05) is 90.0 Å². The van der Waals surface area contributed by atoms with Gasteiger partial charge in [0.1, 0.15) is 59.0 Å². The summed E-state index contributed by atoms with van der Waals surface area (Å²) >= 11 is 0. The number of rotatable bonds is 13. The number of aromatic carboxylic acids is 1. The van der Waals surface area contributed by atoms with Gasteiger partial charge in [-0.05, 0) is 110 Å². The van der Waals surface area contributed by atoms with Crippen molar-refractivity contribution in [2.45, 2.75) is 21.3 Å². The second-order valence-electron chi connectivity index (χ2n) is 16.4. The topological polar surface area (TPSA) is 219 Å². The number of carboxylic acids is 1. The number of morpholine rings is 2. The summed E-state index contributed by atoms with van der Waals surface area (Å²) in [6.07, 6.45) is 3.30. The van der Waals surface area contributed by atoms with Gasteiger partial charge >= 0.3 is 5.97 Å². The minimum absolute atomic E-state index is 0. The molecule has 4 aromatic carbocycles. The van der Waals surface area contributed by atoms with Crippen LogP contribution in [-0.4, -0.2) is 136 Å². The number of nitrogen functional groups attached to an aromatic ring is 1. The van der Waals surface area contributed by atoms with E-state index in [1.807, 2.05) is 86.6 Å². The molecule has 10 rings (SSSR count). The van der Waals surface area contributed by atoms with Crippen molar-refractivity contribution in [3.8, 4) is 34.3 Å². The lowest BCUT2D eigenvalue weighted by Crippen LogP contribution is -2.38. The number of para-hydroxylation sites is 2. The first-order chi connectivity index (χ1) is 33.7. The van der Waals surface area contributed by atoms with Gasteiger partial charge in [-0.2, -0.15) is 0 Å². The van der Waals surface area contributed by atoms with E-state index in [-0.39, 0.29) is 18.9 Å². The lowest BCUT2D eigenvalue weighted by molar-refractivity contribution is 0.0321. The van der Waals surface area contributed by atoms with E-state index in [1.54, 1.807) is 48.8 Å². The van der Waals surface area contributed by atoms with Gasteiger partial charge in [0, 0.05) is 62.8 Å². The van der Waals surface area contributed by atoms with Gasteiger partial charge in [-0.1, -0.05) is 31.7 Å². The molecule has 2 aliphatic rings. The summed E-state index contributed by atoms with van der Waals surface area (Å²) < 4.78 is 22.6. The van der Waals surface area contributed by atoms with Crippen LogP contribution in [0.15, 0.2) is 122 Å². The Morgan fingerprint density at radius 1 is 0.657 bits per heavy atom. The number of ether oxygens (including phenoxy) is 4. The Hall–Kier alpha value is -7.70. The van der Waals surface area contributed by atoms with Crippen LogP contribution in [0.2, 0.25) is 0 Å². The zero-order valence-corrected chi connectivity index (χ0v) is 38.7. The Bertz CT molecular complexity index is 2950. The molecule has 17 heteroatoms. The van der Waals surface area contributed by atoms with Crippen LogP contribution < -0.4 is 20.5 Å². The lowest BCUT2D eigenvalue weighted by atomic mass is 10.1. The predicted molar refractivity (Wildman–Crippen MR) is 273 cm³/mol. The average molecular weight is 949 g/mol. The van der Waals surface area contributed by atoms with Gasteiger partial charge in [-0.15, -0.1) is 0 Å². The lowest BCUT2D eigenvalue weighted by Gasteiger charge is -2.26. The van der Waals surface area contributed by atoms with Gasteiger partial charge in [-0.3, -0.25) is 14.6 Å². The van der Waals surface area contributed by atoms with E-state index in [2.05, 4.69) is 40.0 Å². The molecule has 17 nitrogen and oxygen atoms in total. The van der Waals surface area contributed by atoms with Gasteiger partial charge < -0.3 is 45.1 Å². The number of aromatic nitrogens is 6. The molecule has 4 aromatic heterocycles. The van der Waals surface area contributed by atoms with Crippen molar-refractivity contribution in [1.29, 1.82) is 0 Å². The number of pyridine rings is 2. The number of nitrogens with two attached hydrogens (primary N) is 1. The van der Waals surface area contributed by atoms with Crippen LogP contribution >= 0.6 is 0 Å². The monoisotopic (exact) mass is 948 g/mol. The van der Waals surface area contributed by atoms with Crippen LogP contribution in [0.1, 0.15) is 39.3 Å². The average Bonchev–Trinajstić information content (AvgIpc) is 4.01.